The van der Waals surface area contributed by atoms with E-state index in [1.54, 1.807) is 0 Å². The van der Waals surface area contributed by atoms with E-state index in [1.807, 2.05) is 24.5 Å². The number of carbonyl (C=O) groups is 1. The summed E-state index contributed by atoms with van der Waals surface area (Å²) in [5, 5.41) is 0. The van der Waals surface area contributed by atoms with Crippen LogP contribution in [-0.4, -0.2) is 33.2 Å². The lowest BCUT2D eigenvalue weighted by Crippen LogP contribution is -2.39. The predicted octanol–water partition coefficient (Wildman–Crippen LogP) is 3.08. The van der Waals surface area contributed by atoms with Crippen molar-refractivity contribution in [3.05, 3.63) is 35.9 Å². The summed E-state index contributed by atoms with van der Waals surface area (Å²) in [4.78, 5) is 18.1. The third-order valence-electron chi connectivity index (χ3n) is 4.22. The molecular weight excluding hydrogens is 250 g/mol. The average molecular weight is 271 g/mol. The Morgan fingerprint density at radius 1 is 1.35 bits per heavy atom. The van der Waals surface area contributed by atoms with Gasteiger partial charge in [-0.3, -0.25) is 9.69 Å². The summed E-state index contributed by atoms with van der Waals surface area (Å²) in [7, 11) is 0. The standard InChI is InChI=1S/C16H21N3O/c1-12(2)18-8-4-3-5-15(18)16-17-9-14-7-6-13(11-20)10-19(14)16/h6-7,9-12,15H,3-5,8H2,1-2H3. The number of carbonyl (C=O) groups excluding carboxylic acids is 1. The van der Waals surface area contributed by atoms with Gasteiger partial charge in [0, 0.05) is 17.8 Å². The van der Waals surface area contributed by atoms with Gasteiger partial charge < -0.3 is 4.40 Å². The first kappa shape index (κ1) is 13.3. The van der Waals surface area contributed by atoms with E-state index >= 15 is 0 Å². The van der Waals surface area contributed by atoms with Gasteiger partial charge in [0.1, 0.15) is 5.82 Å². The Kier molecular flexibility index (Phi) is 3.57. The van der Waals surface area contributed by atoms with E-state index in [4.69, 9.17) is 0 Å². The molecule has 2 aromatic rings. The Balaban J connectivity index is 2.05. The van der Waals surface area contributed by atoms with Crippen molar-refractivity contribution in [1.82, 2.24) is 14.3 Å². The predicted molar refractivity (Wildman–Crippen MR) is 79.0 cm³/mol. The molecule has 0 saturated carbocycles. The Morgan fingerprint density at radius 3 is 2.95 bits per heavy atom. The Bertz CT molecular complexity index is 617. The average Bonchev–Trinajstić information content (AvgIpc) is 2.89. The topological polar surface area (TPSA) is 37.6 Å². The first-order valence-corrected chi connectivity index (χ1v) is 7.38. The molecule has 2 aromatic heterocycles. The lowest BCUT2D eigenvalue weighted by Gasteiger charge is -2.37. The Labute approximate surface area is 119 Å². The molecule has 3 rings (SSSR count). The molecule has 0 amide bonds. The van der Waals surface area contributed by atoms with Crippen LogP contribution < -0.4 is 0 Å². The van der Waals surface area contributed by atoms with Gasteiger partial charge in [-0.25, -0.2) is 4.98 Å². The van der Waals surface area contributed by atoms with Crippen molar-refractivity contribution in [2.45, 2.75) is 45.2 Å². The lowest BCUT2D eigenvalue weighted by atomic mass is 10.00. The van der Waals surface area contributed by atoms with Gasteiger partial charge in [0.15, 0.2) is 6.29 Å². The quantitative estimate of drug-likeness (QED) is 0.805. The molecule has 0 radical (unpaired) electrons. The number of hydrogen-bond donors (Lipinski definition) is 0. The fourth-order valence-electron chi connectivity index (χ4n) is 3.19. The fourth-order valence-corrected chi connectivity index (χ4v) is 3.19. The van der Waals surface area contributed by atoms with Crippen LogP contribution in [-0.2, 0) is 0 Å². The molecule has 1 atom stereocenters. The van der Waals surface area contributed by atoms with E-state index in [0.29, 0.717) is 17.6 Å². The molecule has 1 aliphatic rings. The van der Waals surface area contributed by atoms with E-state index in [-0.39, 0.29) is 0 Å². The summed E-state index contributed by atoms with van der Waals surface area (Å²) < 4.78 is 2.08. The van der Waals surface area contributed by atoms with Crippen molar-refractivity contribution in [1.29, 1.82) is 0 Å². The third-order valence-corrected chi connectivity index (χ3v) is 4.22. The van der Waals surface area contributed by atoms with Crippen LogP contribution in [0.2, 0.25) is 0 Å². The maximum Gasteiger partial charge on any atom is 0.151 e. The zero-order valence-corrected chi connectivity index (χ0v) is 12.1. The normalized spacial score (nSPS) is 20.6. The first-order valence-electron chi connectivity index (χ1n) is 7.38. The molecule has 0 aliphatic carbocycles. The Morgan fingerprint density at radius 2 is 2.20 bits per heavy atom. The minimum atomic E-state index is 0.355. The highest BCUT2D eigenvalue weighted by Gasteiger charge is 2.28. The van der Waals surface area contributed by atoms with Gasteiger partial charge in [-0.15, -0.1) is 0 Å². The van der Waals surface area contributed by atoms with Crippen LogP contribution in [0.4, 0.5) is 0 Å². The second kappa shape index (κ2) is 5.37. The van der Waals surface area contributed by atoms with Crippen LogP contribution in [0.1, 0.15) is 55.3 Å². The molecule has 20 heavy (non-hydrogen) atoms. The van der Waals surface area contributed by atoms with Crippen molar-refractivity contribution >= 4 is 11.8 Å². The monoisotopic (exact) mass is 271 g/mol. The number of pyridine rings is 1. The summed E-state index contributed by atoms with van der Waals surface area (Å²) in [6.45, 7) is 5.61. The molecule has 0 bridgehead atoms. The van der Waals surface area contributed by atoms with E-state index in [9.17, 15) is 4.79 Å². The van der Waals surface area contributed by atoms with Crippen molar-refractivity contribution in [2.75, 3.05) is 6.54 Å². The fraction of sp³-hybridized carbons (Fsp3) is 0.500. The van der Waals surface area contributed by atoms with Crippen molar-refractivity contribution in [3.8, 4) is 0 Å². The van der Waals surface area contributed by atoms with Crippen LogP contribution in [0.3, 0.4) is 0 Å². The minimum absolute atomic E-state index is 0.355. The molecular formula is C16H21N3O. The zero-order chi connectivity index (χ0) is 14.1. The molecule has 1 aliphatic heterocycles. The summed E-state index contributed by atoms with van der Waals surface area (Å²) in [6.07, 6.45) is 8.34. The lowest BCUT2D eigenvalue weighted by molar-refractivity contribution is 0.105. The number of fused-ring (bicyclic) bond motifs is 1. The number of likely N-dealkylation sites (tertiary alicyclic amines) is 1. The van der Waals surface area contributed by atoms with Gasteiger partial charge in [-0.05, 0) is 45.4 Å². The van der Waals surface area contributed by atoms with Crippen molar-refractivity contribution < 1.29 is 4.79 Å². The second-order valence-electron chi connectivity index (χ2n) is 5.83. The minimum Gasteiger partial charge on any atom is -0.302 e. The highest BCUT2D eigenvalue weighted by Crippen LogP contribution is 2.32. The highest BCUT2D eigenvalue weighted by molar-refractivity contribution is 5.75. The van der Waals surface area contributed by atoms with Gasteiger partial charge in [-0.2, -0.15) is 0 Å². The van der Waals surface area contributed by atoms with Gasteiger partial charge in [0.25, 0.3) is 0 Å². The molecule has 0 aromatic carbocycles. The van der Waals surface area contributed by atoms with Crippen LogP contribution in [0.15, 0.2) is 24.5 Å². The summed E-state index contributed by atoms with van der Waals surface area (Å²) in [5.74, 6) is 1.07. The smallest absolute Gasteiger partial charge is 0.151 e. The highest BCUT2D eigenvalue weighted by atomic mass is 16.1. The largest absolute Gasteiger partial charge is 0.302 e. The maximum atomic E-state index is 11.0. The summed E-state index contributed by atoms with van der Waals surface area (Å²) >= 11 is 0. The SMILES string of the molecule is CC(C)N1CCCCC1c1ncc2ccc(C=O)cn12. The van der Waals surface area contributed by atoms with E-state index in [1.165, 1.54) is 12.8 Å². The second-order valence-corrected chi connectivity index (χ2v) is 5.83. The number of imidazole rings is 1. The van der Waals surface area contributed by atoms with Gasteiger partial charge in [0.05, 0.1) is 17.8 Å². The zero-order valence-electron chi connectivity index (χ0n) is 12.1. The molecule has 0 spiro atoms. The molecule has 1 saturated heterocycles. The van der Waals surface area contributed by atoms with Crippen LogP contribution >= 0.6 is 0 Å². The van der Waals surface area contributed by atoms with Crippen LogP contribution in [0.25, 0.3) is 5.52 Å². The van der Waals surface area contributed by atoms with Crippen molar-refractivity contribution in [3.63, 3.8) is 0 Å². The van der Waals surface area contributed by atoms with E-state index in [0.717, 1.165) is 30.6 Å². The molecule has 4 heteroatoms. The Hall–Kier alpha value is -1.68. The number of piperidine rings is 1. The molecule has 3 heterocycles. The number of hydrogen-bond acceptors (Lipinski definition) is 3. The number of nitrogens with zero attached hydrogens (tertiary/aromatic N) is 3. The third kappa shape index (κ3) is 2.24. The van der Waals surface area contributed by atoms with Crippen LogP contribution in [0.5, 0.6) is 0 Å². The van der Waals surface area contributed by atoms with E-state index in [2.05, 4.69) is 28.1 Å². The number of aromatic nitrogens is 2. The van der Waals surface area contributed by atoms with Crippen LogP contribution in [0, 0.1) is 0 Å². The van der Waals surface area contributed by atoms with Crippen molar-refractivity contribution in [2.24, 2.45) is 0 Å². The number of aldehydes is 1. The van der Waals surface area contributed by atoms with E-state index < -0.39 is 0 Å². The molecule has 106 valence electrons. The molecule has 1 unspecified atom stereocenters. The van der Waals surface area contributed by atoms with Gasteiger partial charge >= 0.3 is 0 Å². The summed E-state index contributed by atoms with van der Waals surface area (Å²) in [6, 6.07) is 4.67. The molecule has 0 N–H and O–H groups in total. The summed E-state index contributed by atoms with van der Waals surface area (Å²) in [5.41, 5.74) is 1.75. The number of rotatable bonds is 3. The van der Waals surface area contributed by atoms with Gasteiger partial charge in [0.2, 0.25) is 0 Å². The van der Waals surface area contributed by atoms with Gasteiger partial charge in [-0.1, -0.05) is 6.42 Å². The molecule has 1 fully saturated rings. The maximum absolute atomic E-state index is 11.0. The molecule has 4 nitrogen and oxygen atoms in total. The first-order chi connectivity index (χ1) is 9.70.